The SMILES string of the molecule is CCN(C(=O)C1CCC(C(=O)NCc2ccccc2C)CC1)c1ccccc1. The number of benzene rings is 2. The molecule has 148 valence electrons. The van der Waals surface area contributed by atoms with Crippen molar-refractivity contribution in [2.45, 2.75) is 46.1 Å². The molecule has 1 N–H and O–H groups in total. The summed E-state index contributed by atoms with van der Waals surface area (Å²) in [5, 5.41) is 3.08. The number of carbonyl (C=O) groups is 2. The zero-order valence-electron chi connectivity index (χ0n) is 16.9. The van der Waals surface area contributed by atoms with E-state index in [-0.39, 0.29) is 23.7 Å². The third-order valence-electron chi connectivity index (χ3n) is 5.81. The average molecular weight is 379 g/mol. The highest BCUT2D eigenvalue weighted by molar-refractivity contribution is 5.95. The van der Waals surface area contributed by atoms with Gasteiger partial charge in [0.25, 0.3) is 0 Å². The Bertz CT molecular complexity index is 795. The van der Waals surface area contributed by atoms with Gasteiger partial charge in [0.15, 0.2) is 0 Å². The summed E-state index contributed by atoms with van der Waals surface area (Å²) in [5.74, 6) is 0.331. The molecule has 0 saturated heterocycles. The van der Waals surface area contributed by atoms with E-state index in [9.17, 15) is 9.59 Å². The van der Waals surface area contributed by atoms with Crippen molar-refractivity contribution in [2.24, 2.45) is 11.8 Å². The highest BCUT2D eigenvalue weighted by atomic mass is 16.2. The molecule has 2 aromatic rings. The van der Waals surface area contributed by atoms with Gasteiger partial charge >= 0.3 is 0 Å². The molecule has 0 spiro atoms. The normalized spacial score (nSPS) is 19.1. The third-order valence-corrected chi connectivity index (χ3v) is 5.81. The number of nitrogens with zero attached hydrogens (tertiary/aromatic N) is 1. The molecule has 2 amide bonds. The molecular weight excluding hydrogens is 348 g/mol. The van der Waals surface area contributed by atoms with Crippen molar-refractivity contribution in [3.63, 3.8) is 0 Å². The van der Waals surface area contributed by atoms with E-state index in [4.69, 9.17) is 0 Å². The molecular formula is C24H30N2O2. The summed E-state index contributed by atoms with van der Waals surface area (Å²) < 4.78 is 0. The number of para-hydroxylation sites is 1. The minimum absolute atomic E-state index is 0.0138. The summed E-state index contributed by atoms with van der Waals surface area (Å²) in [4.78, 5) is 27.4. The first-order chi connectivity index (χ1) is 13.6. The van der Waals surface area contributed by atoms with Crippen molar-refractivity contribution in [3.8, 4) is 0 Å². The molecule has 2 aromatic carbocycles. The summed E-state index contributed by atoms with van der Waals surface area (Å²) in [6, 6.07) is 18.0. The second-order valence-electron chi connectivity index (χ2n) is 7.61. The number of nitrogens with one attached hydrogen (secondary N) is 1. The van der Waals surface area contributed by atoms with Crippen LogP contribution in [-0.4, -0.2) is 18.4 Å². The lowest BCUT2D eigenvalue weighted by Crippen LogP contribution is -2.40. The maximum Gasteiger partial charge on any atom is 0.230 e. The lowest BCUT2D eigenvalue weighted by molar-refractivity contribution is -0.129. The van der Waals surface area contributed by atoms with E-state index in [0.717, 1.165) is 36.9 Å². The number of aryl methyl sites for hydroxylation is 1. The van der Waals surface area contributed by atoms with Crippen molar-refractivity contribution in [1.29, 1.82) is 0 Å². The van der Waals surface area contributed by atoms with E-state index in [1.807, 2.05) is 60.4 Å². The number of hydrogen-bond donors (Lipinski definition) is 1. The van der Waals surface area contributed by atoms with Gasteiger partial charge in [0, 0.05) is 30.6 Å². The average Bonchev–Trinajstić information content (AvgIpc) is 2.74. The minimum Gasteiger partial charge on any atom is -0.352 e. The van der Waals surface area contributed by atoms with Gasteiger partial charge in [-0.3, -0.25) is 9.59 Å². The standard InChI is InChI=1S/C24H30N2O2/c1-3-26(22-11-5-4-6-12-22)24(28)20-15-13-19(14-16-20)23(27)25-17-21-10-8-7-9-18(21)2/h4-12,19-20H,3,13-17H2,1-2H3,(H,25,27). The van der Waals surface area contributed by atoms with Crippen molar-refractivity contribution in [2.75, 3.05) is 11.4 Å². The Labute approximate surface area is 167 Å². The highest BCUT2D eigenvalue weighted by Gasteiger charge is 2.32. The molecule has 0 heterocycles. The number of rotatable bonds is 6. The molecule has 1 aliphatic carbocycles. The van der Waals surface area contributed by atoms with Crippen LogP contribution < -0.4 is 10.2 Å². The number of carbonyl (C=O) groups excluding carboxylic acids is 2. The molecule has 3 rings (SSSR count). The Morgan fingerprint density at radius 2 is 1.54 bits per heavy atom. The first-order valence-electron chi connectivity index (χ1n) is 10.3. The second-order valence-corrected chi connectivity index (χ2v) is 7.61. The van der Waals surface area contributed by atoms with Gasteiger partial charge in [-0.1, -0.05) is 42.5 Å². The molecule has 1 aliphatic rings. The zero-order valence-corrected chi connectivity index (χ0v) is 16.9. The Morgan fingerprint density at radius 3 is 2.18 bits per heavy atom. The van der Waals surface area contributed by atoms with Gasteiger partial charge in [0.05, 0.1) is 0 Å². The fourth-order valence-electron chi connectivity index (χ4n) is 4.03. The summed E-state index contributed by atoms with van der Waals surface area (Å²) in [6.45, 7) is 5.31. The fraction of sp³-hybridized carbons (Fsp3) is 0.417. The van der Waals surface area contributed by atoms with Gasteiger partial charge in [-0.15, -0.1) is 0 Å². The van der Waals surface area contributed by atoms with E-state index in [0.29, 0.717) is 13.1 Å². The van der Waals surface area contributed by atoms with E-state index >= 15 is 0 Å². The van der Waals surface area contributed by atoms with Gasteiger partial charge < -0.3 is 10.2 Å². The quantitative estimate of drug-likeness (QED) is 0.806. The Morgan fingerprint density at radius 1 is 0.929 bits per heavy atom. The molecule has 28 heavy (non-hydrogen) atoms. The number of hydrogen-bond acceptors (Lipinski definition) is 2. The smallest absolute Gasteiger partial charge is 0.230 e. The van der Waals surface area contributed by atoms with E-state index in [2.05, 4.69) is 18.3 Å². The van der Waals surface area contributed by atoms with Crippen LogP contribution in [0, 0.1) is 18.8 Å². The predicted molar refractivity (Wildman–Crippen MR) is 113 cm³/mol. The molecule has 1 fully saturated rings. The summed E-state index contributed by atoms with van der Waals surface area (Å²) in [5.41, 5.74) is 3.30. The second kappa shape index (κ2) is 9.54. The molecule has 0 radical (unpaired) electrons. The molecule has 1 saturated carbocycles. The van der Waals surface area contributed by atoms with E-state index in [1.165, 1.54) is 5.56 Å². The first kappa shape index (κ1) is 20.1. The van der Waals surface area contributed by atoms with E-state index in [1.54, 1.807) is 0 Å². The lowest BCUT2D eigenvalue weighted by atomic mass is 9.80. The van der Waals surface area contributed by atoms with Crippen molar-refractivity contribution in [1.82, 2.24) is 5.32 Å². The monoisotopic (exact) mass is 378 g/mol. The van der Waals surface area contributed by atoms with Crippen LogP contribution in [0.25, 0.3) is 0 Å². The Balaban J connectivity index is 1.51. The maximum absolute atomic E-state index is 13.0. The van der Waals surface area contributed by atoms with Crippen molar-refractivity contribution in [3.05, 3.63) is 65.7 Å². The van der Waals surface area contributed by atoms with Crippen LogP contribution in [0.3, 0.4) is 0 Å². The van der Waals surface area contributed by atoms with Gasteiger partial charge in [-0.2, -0.15) is 0 Å². The molecule has 0 aliphatic heterocycles. The Hall–Kier alpha value is -2.62. The third kappa shape index (κ3) is 4.80. The molecule has 0 atom stereocenters. The summed E-state index contributed by atoms with van der Waals surface area (Å²) in [7, 11) is 0. The zero-order chi connectivity index (χ0) is 19.9. The largest absolute Gasteiger partial charge is 0.352 e. The molecule has 0 bridgehead atoms. The summed E-state index contributed by atoms with van der Waals surface area (Å²) >= 11 is 0. The van der Waals surface area contributed by atoms with Gasteiger partial charge in [-0.25, -0.2) is 0 Å². The van der Waals surface area contributed by atoms with Crippen molar-refractivity contribution < 1.29 is 9.59 Å². The van der Waals surface area contributed by atoms with Crippen LogP contribution in [0.15, 0.2) is 54.6 Å². The molecule has 4 heteroatoms. The van der Waals surface area contributed by atoms with Gasteiger partial charge in [0.2, 0.25) is 11.8 Å². The highest BCUT2D eigenvalue weighted by Crippen LogP contribution is 2.31. The van der Waals surface area contributed by atoms with E-state index < -0.39 is 0 Å². The van der Waals surface area contributed by atoms with Crippen LogP contribution in [-0.2, 0) is 16.1 Å². The van der Waals surface area contributed by atoms with Crippen LogP contribution in [0.1, 0.15) is 43.7 Å². The van der Waals surface area contributed by atoms with Crippen LogP contribution in [0.2, 0.25) is 0 Å². The number of amides is 2. The van der Waals surface area contributed by atoms with Gasteiger partial charge in [-0.05, 0) is 62.8 Å². The van der Waals surface area contributed by atoms with Crippen LogP contribution in [0.5, 0.6) is 0 Å². The minimum atomic E-state index is 0.0138. The summed E-state index contributed by atoms with van der Waals surface area (Å²) in [6.07, 6.45) is 3.12. The predicted octanol–water partition coefficient (Wildman–Crippen LogP) is 4.47. The van der Waals surface area contributed by atoms with Crippen molar-refractivity contribution >= 4 is 17.5 Å². The molecule has 0 unspecified atom stereocenters. The number of anilines is 1. The first-order valence-corrected chi connectivity index (χ1v) is 10.3. The lowest BCUT2D eigenvalue weighted by Gasteiger charge is -2.31. The molecule has 4 nitrogen and oxygen atoms in total. The Kier molecular flexibility index (Phi) is 6.85. The molecule has 0 aromatic heterocycles. The maximum atomic E-state index is 13.0. The van der Waals surface area contributed by atoms with Crippen LogP contribution >= 0.6 is 0 Å². The topological polar surface area (TPSA) is 49.4 Å². The van der Waals surface area contributed by atoms with Gasteiger partial charge in [0.1, 0.15) is 0 Å². The van der Waals surface area contributed by atoms with Crippen LogP contribution in [0.4, 0.5) is 5.69 Å². The fourth-order valence-corrected chi connectivity index (χ4v) is 4.03.